The number of thioether (sulfide) groups is 1. The van der Waals surface area contributed by atoms with Gasteiger partial charge in [0.25, 0.3) is 5.56 Å². The minimum atomic E-state index is -0.345. The molecule has 0 saturated heterocycles. The number of hydrogen-bond acceptors (Lipinski definition) is 5. The molecule has 0 fully saturated rings. The van der Waals surface area contributed by atoms with E-state index in [1.807, 2.05) is 6.92 Å². The van der Waals surface area contributed by atoms with Gasteiger partial charge in [0.1, 0.15) is 0 Å². The average Bonchev–Trinajstić information content (AvgIpc) is 2.82. The number of aromatic amines is 2. The molecular formula is C14H19N5O2S. The molecule has 0 spiro atoms. The number of H-pyrrole nitrogens is 2. The number of aryl methyl sites for hydroxylation is 2. The Balaban J connectivity index is 2.02. The van der Waals surface area contributed by atoms with Crippen molar-refractivity contribution in [2.45, 2.75) is 37.7 Å². The highest BCUT2D eigenvalue weighted by Crippen LogP contribution is 2.20. The number of amides is 1. The summed E-state index contributed by atoms with van der Waals surface area (Å²) in [6.07, 6.45) is 1.72. The molecule has 7 nitrogen and oxygen atoms in total. The van der Waals surface area contributed by atoms with Crippen LogP contribution in [0.3, 0.4) is 0 Å². The first kappa shape index (κ1) is 16.3. The highest BCUT2D eigenvalue weighted by molar-refractivity contribution is 8.00. The van der Waals surface area contributed by atoms with E-state index in [2.05, 4.69) is 20.2 Å². The fourth-order valence-corrected chi connectivity index (χ4v) is 2.98. The standard InChI is InChI=1S/C14H19N5O2S/c1-8-5-12(20)17-14(16-8)22-10(3)13(21)19(4)7-11-6-15-18-9(11)2/h5-6,10H,7H2,1-4H3,(H,15,18)(H,16,17,20)/t10-/m1/s1. The summed E-state index contributed by atoms with van der Waals surface area (Å²) >= 11 is 1.24. The van der Waals surface area contributed by atoms with Crippen LogP contribution in [-0.2, 0) is 11.3 Å². The molecule has 1 atom stereocenters. The van der Waals surface area contributed by atoms with Crippen molar-refractivity contribution >= 4 is 17.7 Å². The van der Waals surface area contributed by atoms with Gasteiger partial charge in [0.2, 0.25) is 5.91 Å². The second kappa shape index (κ2) is 6.78. The van der Waals surface area contributed by atoms with Gasteiger partial charge >= 0.3 is 0 Å². The van der Waals surface area contributed by atoms with Gasteiger partial charge in [-0.25, -0.2) is 4.98 Å². The zero-order valence-electron chi connectivity index (χ0n) is 13.0. The molecule has 22 heavy (non-hydrogen) atoms. The molecule has 2 N–H and O–H groups in total. The van der Waals surface area contributed by atoms with Gasteiger partial charge in [-0.1, -0.05) is 11.8 Å². The Labute approximate surface area is 132 Å². The average molecular weight is 321 g/mol. The third kappa shape index (κ3) is 3.97. The predicted molar refractivity (Wildman–Crippen MR) is 84.7 cm³/mol. The third-order valence-electron chi connectivity index (χ3n) is 3.20. The van der Waals surface area contributed by atoms with E-state index in [4.69, 9.17) is 0 Å². The lowest BCUT2D eigenvalue weighted by molar-refractivity contribution is -0.129. The van der Waals surface area contributed by atoms with E-state index in [0.717, 1.165) is 11.3 Å². The zero-order chi connectivity index (χ0) is 16.3. The molecule has 2 aromatic heterocycles. The predicted octanol–water partition coefficient (Wildman–Crippen LogP) is 1.25. The smallest absolute Gasteiger partial charge is 0.251 e. The third-order valence-corrected chi connectivity index (χ3v) is 4.17. The normalized spacial score (nSPS) is 12.2. The maximum atomic E-state index is 12.4. The Kier molecular flexibility index (Phi) is 5.02. The Hall–Kier alpha value is -2.09. The van der Waals surface area contributed by atoms with Crippen LogP contribution in [0.4, 0.5) is 0 Å². The highest BCUT2D eigenvalue weighted by Gasteiger charge is 2.20. The lowest BCUT2D eigenvalue weighted by Crippen LogP contribution is -2.33. The van der Waals surface area contributed by atoms with Crippen molar-refractivity contribution in [1.29, 1.82) is 0 Å². The number of carbonyl (C=O) groups excluding carboxylic acids is 1. The van der Waals surface area contributed by atoms with Crippen molar-refractivity contribution in [3.63, 3.8) is 0 Å². The van der Waals surface area contributed by atoms with Crippen molar-refractivity contribution in [3.8, 4) is 0 Å². The summed E-state index contributed by atoms with van der Waals surface area (Å²) < 4.78 is 0. The van der Waals surface area contributed by atoms with Crippen LogP contribution in [0.1, 0.15) is 23.9 Å². The molecule has 2 heterocycles. The number of aromatic nitrogens is 4. The van der Waals surface area contributed by atoms with Gasteiger partial charge in [-0.2, -0.15) is 5.10 Å². The fraction of sp³-hybridized carbons (Fsp3) is 0.429. The molecular weight excluding hydrogens is 302 g/mol. The van der Waals surface area contributed by atoms with Crippen LogP contribution in [0, 0.1) is 13.8 Å². The van der Waals surface area contributed by atoms with Crippen LogP contribution in [-0.4, -0.2) is 43.3 Å². The molecule has 2 aromatic rings. The summed E-state index contributed by atoms with van der Waals surface area (Å²) in [5.41, 5.74) is 2.35. The van der Waals surface area contributed by atoms with Crippen molar-refractivity contribution in [1.82, 2.24) is 25.1 Å². The van der Waals surface area contributed by atoms with Crippen molar-refractivity contribution in [3.05, 3.63) is 39.6 Å². The SMILES string of the molecule is Cc1cc(=O)[nH]c(S[C@H](C)C(=O)N(C)Cc2cn[nH]c2C)n1. The lowest BCUT2D eigenvalue weighted by Gasteiger charge is -2.20. The molecule has 0 unspecified atom stereocenters. The first-order valence-corrected chi connectivity index (χ1v) is 7.73. The molecule has 0 aliphatic rings. The van der Waals surface area contributed by atoms with Crippen LogP contribution >= 0.6 is 11.8 Å². The number of hydrogen-bond donors (Lipinski definition) is 2. The van der Waals surface area contributed by atoms with Gasteiger partial charge in [-0.3, -0.25) is 14.7 Å². The monoisotopic (exact) mass is 321 g/mol. The minimum Gasteiger partial charge on any atom is -0.340 e. The summed E-state index contributed by atoms with van der Waals surface area (Å²) in [7, 11) is 1.75. The Bertz CT molecular complexity index is 724. The van der Waals surface area contributed by atoms with Crippen LogP contribution in [0.5, 0.6) is 0 Å². The van der Waals surface area contributed by atoms with Crippen LogP contribution < -0.4 is 5.56 Å². The lowest BCUT2D eigenvalue weighted by atomic mass is 10.2. The van der Waals surface area contributed by atoms with E-state index in [0.29, 0.717) is 17.4 Å². The molecule has 2 rings (SSSR count). The number of rotatable bonds is 5. The number of nitrogens with one attached hydrogen (secondary N) is 2. The van der Waals surface area contributed by atoms with Crippen molar-refractivity contribution in [2.75, 3.05) is 7.05 Å². The van der Waals surface area contributed by atoms with Gasteiger partial charge in [-0.15, -0.1) is 0 Å². The molecule has 118 valence electrons. The Morgan fingerprint density at radius 2 is 2.18 bits per heavy atom. The van der Waals surface area contributed by atoms with Gasteiger partial charge < -0.3 is 9.88 Å². The minimum absolute atomic E-state index is 0.0326. The van der Waals surface area contributed by atoms with E-state index in [-0.39, 0.29) is 16.7 Å². The topological polar surface area (TPSA) is 94.7 Å². The summed E-state index contributed by atoms with van der Waals surface area (Å²) in [6.45, 7) is 5.96. The van der Waals surface area contributed by atoms with Crippen LogP contribution in [0.2, 0.25) is 0 Å². The fourth-order valence-electron chi connectivity index (χ4n) is 2.00. The molecule has 0 bridgehead atoms. The Morgan fingerprint density at radius 1 is 1.45 bits per heavy atom. The molecule has 0 radical (unpaired) electrons. The second-order valence-corrected chi connectivity index (χ2v) is 6.50. The van der Waals surface area contributed by atoms with Crippen molar-refractivity contribution in [2.24, 2.45) is 0 Å². The van der Waals surface area contributed by atoms with Crippen LogP contribution in [0.25, 0.3) is 0 Å². The molecule has 8 heteroatoms. The quantitative estimate of drug-likeness (QED) is 0.638. The molecule has 0 aliphatic carbocycles. The van der Waals surface area contributed by atoms with Crippen LogP contribution in [0.15, 0.2) is 22.2 Å². The van der Waals surface area contributed by atoms with E-state index >= 15 is 0 Å². The summed E-state index contributed by atoms with van der Waals surface area (Å²) in [5.74, 6) is -0.0326. The van der Waals surface area contributed by atoms with E-state index in [1.54, 1.807) is 32.0 Å². The summed E-state index contributed by atoms with van der Waals surface area (Å²) in [4.78, 5) is 32.3. The largest absolute Gasteiger partial charge is 0.340 e. The zero-order valence-corrected chi connectivity index (χ0v) is 13.8. The van der Waals surface area contributed by atoms with E-state index < -0.39 is 0 Å². The molecule has 1 amide bonds. The summed E-state index contributed by atoms with van der Waals surface area (Å²) in [6, 6.07) is 1.42. The first-order valence-electron chi connectivity index (χ1n) is 6.85. The first-order chi connectivity index (χ1) is 10.4. The summed E-state index contributed by atoms with van der Waals surface area (Å²) in [5, 5.41) is 6.91. The maximum Gasteiger partial charge on any atom is 0.251 e. The highest BCUT2D eigenvalue weighted by atomic mass is 32.2. The van der Waals surface area contributed by atoms with Gasteiger partial charge in [0.05, 0.1) is 11.4 Å². The molecule has 0 aromatic carbocycles. The van der Waals surface area contributed by atoms with Gasteiger partial charge in [0.15, 0.2) is 5.16 Å². The van der Waals surface area contributed by atoms with Gasteiger partial charge in [-0.05, 0) is 20.8 Å². The Morgan fingerprint density at radius 3 is 2.77 bits per heavy atom. The number of nitrogens with zero attached hydrogens (tertiary/aromatic N) is 3. The molecule has 0 saturated carbocycles. The van der Waals surface area contributed by atoms with E-state index in [1.165, 1.54) is 17.8 Å². The maximum absolute atomic E-state index is 12.4. The number of carbonyl (C=O) groups is 1. The molecule has 0 aliphatic heterocycles. The van der Waals surface area contributed by atoms with Gasteiger partial charge in [0, 0.05) is 36.6 Å². The second-order valence-electron chi connectivity index (χ2n) is 5.17. The van der Waals surface area contributed by atoms with E-state index in [9.17, 15) is 9.59 Å². The van der Waals surface area contributed by atoms with Crippen molar-refractivity contribution < 1.29 is 4.79 Å².